The molecule has 0 aliphatic heterocycles. The molecule has 1 N–H and O–H groups in total. The third-order valence-corrected chi connectivity index (χ3v) is 3.60. The molecule has 2 aromatic rings. The summed E-state index contributed by atoms with van der Waals surface area (Å²) in [6, 6.07) is 11.7. The van der Waals surface area contributed by atoms with Crippen molar-refractivity contribution in [3.63, 3.8) is 0 Å². The molecule has 0 unspecified atom stereocenters. The molecule has 4 heteroatoms. The number of hydrogen-bond donors (Lipinski definition) is 1. The van der Waals surface area contributed by atoms with Gasteiger partial charge in [-0.1, -0.05) is 18.2 Å². The zero-order valence-electron chi connectivity index (χ0n) is 12.7. The van der Waals surface area contributed by atoms with Crippen molar-refractivity contribution in [2.24, 2.45) is 0 Å². The van der Waals surface area contributed by atoms with Crippen LogP contribution in [-0.2, 0) is 17.9 Å². The van der Waals surface area contributed by atoms with E-state index in [1.807, 2.05) is 61.0 Å². The molecule has 0 atom stereocenters. The number of benzene rings is 1. The van der Waals surface area contributed by atoms with Crippen molar-refractivity contribution in [1.82, 2.24) is 5.32 Å². The van der Waals surface area contributed by atoms with Crippen LogP contribution in [0.4, 0.5) is 0 Å². The summed E-state index contributed by atoms with van der Waals surface area (Å²) in [4.78, 5) is 12.1. The molecule has 0 saturated carbocycles. The largest absolute Gasteiger partial charge is 0.496 e. The van der Waals surface area contributed by atoms with Gasteiger partial charge in [-0.05, 0) is 19.1 Å². The second-order valence-electron chi connectivity index (χ2n) is 4.99. The SMILES string of the molecule is COc1ccccc1CNC(=O)C[n+]1cccc(C)c1C. The lowest BCUT2D eigenvalue weighted by Gasteiger charge is -2.09. The van der Waals surface area contributed by atoms with Gasteiger partial charge in [-0.25, -0.2) is 0 Å². The predicted molar refractivity (Wildman–Crippen MR) is 81.0 cm³/mol. The lowest BCUT2D eigenvalue weighted by atomic mass is 10.2. The number of carbonyl (C=O) groups excluding carboxylic acids is 1. The van der Waals surface area contributed by atoms with E-state index in [0.717, 1.165) is 17.0 Å². The number of methoxy groups -OCH3 is 1. The van der Waals surface area contributed by atoms with Gasteiger partial charge in [-0.15, -0.1) is 0 Å². The Labute approximate surface area is 125 Å². The van der Waals surface area contributed by atoms with Crippen LogP contribution in [0.5, 0.6) is 5.75 Å². The molecule has 1 heterocycles. The average Bonchev–Trinajstić information content (AvgIpc) is 2.50. The Hall–Kier alpha value is -2.36. The third kappa shape index (κ3) is 3.81. The van der Waals surface area contributed by atoms with Gasteiger partial charge in [0.1, 0.15) is 5.75 Å². The first kappa shape index (κ1) is 15.0. The Kier molecular flexibility index (Phi) is 4.93. The number of hydrogen-bond acceptors (Lipinski definition) is 2. The third-order valence-electron chi connectivity index (χ3n) is 3.60. The Balaban J connectivity index is 1.98. The molecule has 1 aromatic heterocycles. The second-order valence-corrected chi connectivity index (χ2v) is 4.99. The minimum atomic E-state index is -0.0143. The Morgan fingerprint density at radius 1 is 1.19 bits per heavy atom. The molecule has 21 heavy (non-hydrogen) atoms. The van der Waals surface area contributed by atoms with E-state index in [9.17, 15) is 4.79 Å². The van der Waals surface area contributed by atoms with Gasteiger partial charge in [0.05, 0.1) is 7.11 Å². The van der Waals surface area contributed by atoms with Crippen LogP contribution in [0, 0.1) is 13.8 Å². The van der Waals surface area contributed by atoms with E-state index >= 15 is 0 Å². The van der Waals surface area contributed by atoms with Gasteiger partial charge in [0.15, 0.2) is 11.9 Å². The van der Waals surface area contributed by atoms with E-state index in [4.69, 9.17) is 4.74 Å². The molecule has 4 nitrogen and oxygen atoms in total. The van der Waals surface area contributed by atoms with E-state index in [1.165, 1.54) is 5.56 Å². The number of aryl methyl sites for hydroxylation is 1. The van der Waals surface area contributed by atoms with Crippen molar-refractivity contribution >= 4 is 5.91 Å². The van der Waals surface area contributed by atoms with E-state index < -0.39 is 0 Å². The summed E-state index contributed by atoms with van der Waals surface area (Å²) in [6.07, 6.45) is 1.92. The van der Waals surface area contributed by atoms with Gasteiger partial charge >= 0.3 is 0 Å². The number of ether oxygens (including phenoxy) is 1. The number of rotatable bonds is 5. The second kappa shape index (κ2) is 6.88. The lowest BCUT2D eigenvalue weighted by molar-refractivity contribution is -0.690. The minimum Gasteiger partial charge on any atom is -0.496 e. The number of amides is 1. The zero-order valence-corrected chi connectivity index (χ0v) is 12.7. The highest BCUT2D eigenvalue weighted by Gasteiger charge is 2.13. The van der Waals surface area contributed by atoms with Gasteiger partial charge in [0.2, 0.25) is 6.54 Å². The number of carbonyl (C=O) groups is 1. The Bertz CT molecular complexity index is 638. The Morgan fingerprint density at radius 2 is 1.95 bits per heavy atom. The molecule has 0 aliphatic rings. The monoisotopic (exact) mass is 285 g/mol. The van der Waals surface area contributed by atoms with Crippen LogP contribution in [0.2, 0.25) is 0 Å². The number of nitrogens with zero attached hydrogens (tertiary/aromatic N) is 1. The van der Waals surface area contributed by atoms with Crippen LogP contribution >= 0.6 is 0 Å². The van der Waals surface area contributed by atoms with Crippen LogP contribution in [0.3, 0.4) is 0 Å². The van der Waals surface area contributed by atoms with E-state index in [1.54, 1.807) is 7.11 Å². The van der Waals surface area contributed by atoms with E-state index in [-0.39, 0.29) is 5.91 Å². The molecule has 0 radical (unpaired) electrons. The summed E-state index contributed by atoms with van der Waals surface area (Å²) < 4.78 is 7.23. The lowest BCUT2D eigenvalue weighted by Crippen LogP contribution is -2.45. The minimum absolute atomic E-state index is 0.0143. The van der Waals surface area contributed by atoms with Crippen molar-refractivity contribution in [2.75, 3.05) is 7.11 Å². The summed E-state index contributed by atoms with van der Waals surface area (Å²) >= 11 is 0. The topological polar surface area (TPSA) is 42.2 Å². The van der Waals surface area contributed by atoms with Crippen molar-refractivity contribution in [3.05, 3.63) is 59.4 Å². The summed E-state index contributed by atoms with van der Waals surface area (Å²) in [5.74, 6) is 0.775. The van der Waals surface area contributed by atoms with E-state index in [0.29, 0.717) is 13.1 Å². The first-order valence-corrected chi connectivity index (χ1v) is 6.96. The fourth-order valence-electron chi connectivity index (χ4n) is 2.17. The first-order chi connectivity index (χ1) is 10.1. The predicted octanol–water partition coefficient (Wildman–Crippen LogP) is 1.92. The maximum atomic E-state index is 12.1. The highest BCUT2D eigenvalue weighted by Crippen LogP contribution is 2.16. The first-order valence-electron chi connectivity index (χ1n) is 6.96. The van der Waals surface area contributed by atoms with Crippen LogP contribution in [0.1, 0.15) is 16.8 Å². The number of para-hydroxylation sites is 1. The van der Waals surface area contributed by atoms with Crippen LogP contribution in [0.25, 0.3) is 0 Å². The van der Waals surface area contributed by atoms with Gasteiger partial charge in [-0.2, -0.15) is 4.57 Å². The van der Waals surface area contributed by atoms with Gasteiger partial charge in [-0.3, -0.25) is 4.79 Å². The molecule has 110 valence electrons. The number of aromatic nitrogens is 1. The van der Waals surface area contributed by atoms with Crippen molar-refractivity contribution in [1.29, 1.82) is 0 Å². The van der Waals surface area contributed by atoms with Gasteiger partial charge in [0.25, 0.3) is 5.91 Å². The molecule has 0 aliphatic carbocycles. The highest BCUT2D eigenvalue weighted by molar-refractivity contribution is 5.74. The highest BCUT2D eigenvalue weighted by atomic mass is 16.5. The van der Waals surface area contributed by atoms with Crippen molar-refractivity contribution in [2.45, 2.75) is 26.9 Å². The fraction of sp³-hybridized carbons (Fsp3) is 0.294. The molecular weight excluding hydrogens is 264 g/mol. The molecule has 0 fully saturated rings. The van der Waals surface area contributed by atoms with Gasteiger partial charge < -0.3 is 10.1 Å². The van der Waals surface area contributed by atoms with Crippen LogP contribution in [-0.4, -0.2) is 13.0 Å². The molecule has 0 bridgehead atoms. The molecule has 0 saturated heterocycles. The summed E-state index contributed by atoms with van der Waals surface area (Å²) in [5, 5.41) is 2.93. The van der Waals surface area contributed by atoms with Crippen LogP contribution < -0.4 is 14.6 Å². The maximum absolute atomic E-state index is 12.1. The summed E-state index contributed by atoms with van der Waals surface area (Å²) in [6.45, 7) is 4.85. The maximum Gasteiger partial charge on any atom is 0.286 e. The molecule has 0 spiro atoms. The molecule has 1 aromatic carbocycles. The Morgan fingerprint density at radius 3 is 2.71 bits per heavy atom. The molecule has 2 rings (SSSR count). The smallest absolute Gasteiger partial charge is 0.286 e. The summed E-state index contributed by atoms with van der Waals surface area (Å²) in [5.41, 5.74) is 3.25. The number of nitrogens with one attached hydrogen (secondary N) is 1. The normalized spacial score (nSPS) is 10.2. The molecule has 1 amide bonds. The standard InChI is InChI=1S/C17H20N2O2/c1-13-7-6-10-19(14(13)2)12-17(20)18-11-15-8-4-5-9-16(15)21-3/h4-10H,11-12H2,1-3H3/p+1. The quantitative estimate of drug-likeness (QED) is 0.853. The number of pyridine rings is 1. The fourth-order valence-corrected chi connectivity index (χ4v) is 2.17. The van der Waals surface area contributed by atoms with Crippen molar-refractivity contribution in [3.8, 4) is 5.75 Å². The average molecular weight is 285 g/mol. The van der Waals surface area contributed by atoms with Crippen LogP contribution in [0.15, 0.2) is 42.6 Å². The summed E-state index contributed by atoms with van der Waals surface area (Å²) in [7, 11) is 1.63. The van der Waals surface area contributed by atoms with Gasteiger partial charge in [0, 0.05) is 30.7 Å². The zero-order chi connectivity index (χ0) is 15.2. The van der Waals surface area contributed by atoms with E-state index in [2.05, 4.69) is 5.32 Å². The molecular formula is C17H21N2O2+. The van der Waals surface area contributed by atoms with Crippen molar-refractivity contribution < 1.29 is 14.1 Å².